The molecule has 3 N–H and O–H groups in total. The normalized spacial score (nSPS) is 13.8. The van der Waals surface area contributed by atoms with Gasteiger partial charge in [0.2, 0.25) is 5.91 Å². The number of hydrogen-bond donors (Lipinski definition) is 3. The Morgan fingerprint density at radius 3 is 2.65 bits per heavy atom. The molecular weight excluding hydrogens is 224 g/mol. The monoisotopic (exact) mass is 240 g/mol. The molecule has 2 atom stereocenters. The Bertz CT molecular complexity index is 375. The molecule has 1 aromatic heterocycles. The van der Waals surface area contributed by atoms with Crippen LogP contribution >= 0.6 is 0 Å². The highest BCUT2D eigenvalue weighted by molar-refractivity contribution is 5.95. The van der Waals surface area contributed by atoms with Gasteiger partial charge >= 0.3 is 0 Å². The number of nitrogens with one attached hydrogen (secondary N) is 2. The SMILES string of the molecule is CC(NC(=O)c1ccco1)C(=O)N[C@@H](C)CO. The fourth-order valence-corrected chi connectivity index (χ4v) is 1.15. The van der Waals surface area contributed by atoms with Crippen molar-refractivity contribution in [2.45, 2.75) is 25.9 Å². The lowest BCUT2D eigenvalue weighted by molar-refractivity contribution is -0.123. The van der Waals surface area contributed by atoms with Crippen LogP contribution in [0, 0.1) is 0 Å². The first-order valence-electron chi connectivity index (χ1n) is 5.30. The summed E-state index contributed by atoms with van der Waals surface area (Å²) in [6.45, 7) is 3.07. The zero-order chi connectivity index (χ0) is 12.8. The molecule has 0 saturated heterocycles. The molecule has 1 unspecified atom stereocenters. The summed E-state index contributed by atoms with van der Waals surface area (Å²) in [6, 6.07) is 2.07. The Labute approximate surface area is 99.0 Å². The molecule has 0 aliphatic heterocycles. The number of aliphatic hydroxyl groups is 1. The molecule has 0 fully saturated rings. The molecule has 1 heterocycles. The predicted molar refractivity (Wildman–Crippen MR) is 60.3 cm³/mol. The van der Waals surface area contributed by atoms with Crippen LogP contribution in [0.4, 0.5) is 0 Å². The third kappa shape index (κ3) is 3.92. The number of carbonyl (C=O) groups is 2. The maximum Gasteiger partial charge on any atom is 0.287 e. The largest absolute Gasteiger partial charge is 0.459 e. The van der Waals surface area contributed by atoms with Gasteiger partial charge in [0.25, 0.3) is 5.91 Å². The van der Waals surface area contributed by atoms with E-state index in [1.807, 2.05) is 0 Å². The Morgan fingerprint density at radius 1 is 1.41 bits per heavy atom. The van der Waals surface area contributed by atoms with Gasteiger partial charge in [-0.25, -0.2) is 0 Å². The van der Waals surface area contributed by atoms with E-state index in [1.54, 1.807) is 19.9 Å². The minimum absolute atomic E-state index is 0.148. The number of carbonyl (C=O) groups excluding carboxylic acids is 2. The van der Waals surface area contributed by atoms with Gasteiger partial charge < -0.3 is 20.2 Å². The zero-order valence-corrected chi connectivity index (χ0v) is 9.77. The second-order valence-electron chi connectivity index (χ2n) is 3.76. The highest BCUT2D eigenvalue weighted by Crippen LogP contribution is 2.00. The first kappa shape index (κ1) is 13.2. The molecule has 6 heteroatoms. The number of amides is 2. The fraction of sp³-hybridized carbons (Fsp3) is 0.455. The molecule has 0 aromatic carbocycles. The van der Waals surface area contributed by atoms with Gasteiger partial charge in [-0.15, -0.1) is 0 Å². The average Bonchev–Trinajstić information content (AvgIpc) is 2.82. The lowest BCUT2D eigenvalue weighted by atomic mass is 10.2. The van der Waals surface area contributed by atoms with E-state index in [1.165, 1.54) is 12.3 Å². The maximum atomic E-state index is 11.5. The highest BCUT2D eigenvalue weighted by Gasteiger charge is 2.18. The number of furan rings is 1. The molecule has 0 aliphatic carbocycles. The van der Waals surface area contributed by atoms with Crippen LogP contribution in [-0.2, 0) is 4.79 Å². The molecule has 1 rings (SSSR count). The smallest absolute Gasteiger partial charge is 0.287 e. The van der Waals surface area contributed by atoms with Crippen LogP contribution < -0.4 is 10.6 Å². The van der Waals surface area contributed by atoms with Gasteiger partial charge in [0, 0.05) is 6.04 Å². The first-order chi connectivity index (χ1) is 8.04. The van der Waals surface area contributed by atoms with Crippen molar-refractivity contribution < 1.29 is 19.1 Å². The Balaban J connectivity index is 2.46. The minimum atomic E-state index is -0.693. The molecule has 94 valence electrons. The van der Waals surface area contributed by atoms with E-state index in [0.29, 0.717) is 0 Å². The van der Waals surface area contributed by atoms with Gasteiger partial charge in [-0.3, -0.25) is 9.59 Å². The van der Waals surface area contributed by atoms with Crippen molar-refractivity contribution in [1.29, 1.82) is 0 Å². The second kappa shape index (κ2) is 6.05. The average molecular weight is 240 g/mol. The molecule has 0 spiro atoms. The van der Waals surface area contributed by atoms with Crippen LogP contribution in [0.3, 0.4) is 0 Å². The van der Waals surface area contributed by atoms with Crippen molar-refractivity contribution in [2.24, 2.45) is 0 Å². The van der Waals surface area contributed by atoms with Crippen LogP contribution in [0.25, 0.3) is 0 Å². The molecule has 17 heavy (non-hydrogen) atoms. The summed E-state index contributed by atoms with van der Waals surface area (Å²) < 4.78 is 4.89. The number of aliphatic hydroxyl groups excluding tert-OH is 1. The van der Waals surface area contributed by atoms with Crippen LogP contribution in [0.15, 0.2) is 22.8 Å². The van der Waals surface area contributed by atoms with Crippen molar-refractivity contribution >= 4 is 11.8 Å². The summed E-state index contributed by atoms with van der Waals surface area (Å²) in [4.78, 5) is 23.1. The maximum absolute atomic E-state index is 11.5. The van der Waals surface area contributed by atoms with Crippen LogP contribution in [0.5, 0.6) is 0 Å². The molecule has 6 nitrogen and oxygen atoms in total. The van der Waals surface area contributed by atoms with Crippen LogP contribution in [0.1, 0.15) is 24.4 Å². The van der Waals surface area contributed by atoms with Gasteiger partial charge in [0.1, 0.15) is 6.04 Å². The van der Waals surface area contributed by atoms with Crippen LogP contribution in [0.2, 0.25) is 0 Å². The quantitative estimate of drug-likeness (QED) is 0.670. The van der Waals surface area contributed by atoms with Gasteiger partial charge in [0.15, 0.2) is 5.76 Å². The van der Waals surface area contributed by atoms with Crippen molar-refractivity contribution in [3.8, 4) is 0 Å². The van der Waals surface area contributed by atoms with Gasteiger partial charge in [-0.1, -0.05) is 0 Å². The summed E-state index contributed by atoms with van der Waals surface area (Å²) in [6.07, 6.45) is 1.38. The van der Waals surface area contributed by atoms with E-state index < -0.39 is 11.9 Å². The third-order valence-electron chi connectivity index (χ3n) is 2.15. The van der Waals surface area contributed by atoms with Gasteiger partial charge in [-0.2, -0.15) is 0 Å². The minimum Gasteiger partial charge on any atom is -0.459 e. The molecule has 0 radical (unpaired) electrons. The number of hydrogen-bond acceptors (Lipinski definition) is 4. The van der Waals surface area contributed by atoms with Crippen molar-refractivity contribution in [2.75, 3.05) is 6.61 Å². The molecular formula is C11H16N2O4. The number of rotatable bonds is 5. The van der Waals surface area contributed by atoms with E-state index >= 15 is 0 Å². The lowest BCUT2D eigenvalue weighted by Crippen LogP contribution is -2.48. The summed E-state index contributed by atoms with van der Waals surface area (Å²) in [5.74, 6) is -0.652. The predicted octanol–water partition coefficient (Wildman–Crippen LogP) is -0.105. The molecule has 0 aliphatic rings. The van der Waals surface area contributed by atoms with Crippen LogP contribution in [-0.4, -0.2) is 35.6 Å². The Hall–Kier alpha value is -1.82. The fourth-order valence-electron chi connectivity index (χ4n) is 1.15. The first-order valence-corrected chi connectivity index (χ1v) is 5.30. The van der Waals surface area contributed by atoms with E-state index in [0.717, 1.165) is 0 Å². The second-order valence-corrected chi connectivity index (χ2v) is 3.76. The lowest BCUT2D eigenvalue weighted by Gasteiger charge is -2.16. The summed E-state index contributed by atoms with van der Waals surface area (Å²) >= 11 is 0. The van der Waals surface area contributed by atoms with Gasteiger partial charge in [-0.05, 0) is 26.0 Å². The summed E-state index contributed by atoms with van der Waals surface area (Å²) in [5, 5.41) is 13.8. The molecule has 1 aromatic rings. The van der Waals surface area contributed by atoms with Crippen molar-refractivity contribution in [1.82, 2.24) is 10.6 Å². The molecule has 0 bridgehead atoms. The third-order valence-corrected chi connectivity index (χ3v) is 2.15. The molecule has 0 saturated carbocycles. The van der Waals surface area contributed by atoms with Crippen molar-refractivity contribution in [3.63, 3.8) is 0 Å². The Kier molecular flexibility index (Phi) is 4.71. The van der Waals surface area contributed by atoms with E-state index in [-0.39, 0.29) is 24.3 Å². The summed E-state index contributed by atoms with van der Waals surface area (Å²) in [7, 11) is 0. The summed E-state index contributed by atoms with van der Waals surface area (Å²) in [5.41, 5.74) is 0. The molecule has 2 amide bonds. The van der Waals surface area contributed by atoms with E-state index in [4.69, 9.17) is 9.52 Å². The topological polar surface area (TPSA) is 91.6 Å². The highest BCUT2D eigenvalue weighted by atomic mass is 16.3. The standard InChI is InChI=1S/C11H16N2O4/c1-7(6-14)12-10(15)8(2)13-11(16)9-4-3-5-17-9/h3-5,7-8,14H,6H2,1-2H3,(H,12,15)(H,13,16)/t7-,8?/m0/s1. The van der Waals surface area contributed by atoms with Gasteiger partial charge in [0.05, 0.1) is 12.9 Å². The zero-order valence-electron chi connectivity index (χ0n) is 9.77. The van der Waals surface area contributed by atoms with E-state index in [2.05, 4.69) is 10.6 Å². The Morgan fingerprint density at radius 2 is 2.12 bits per heavy atom. The van der Waals surface area contributed by atoms with E-state index in [9.17, 15) is 9.59 Å². The van der Waals surface area contributed by atoms with Crippen molar-refractivity contribution in [3.05, 3.63) is 24.2 Å².